The first-order valence-electron chi connectivity index (χ1n) is 6.63. The lowest BCUT2D eigenvalue weighted by atomic mass is 10.2. The van der Waals surface area contributed by atoms with Crippen LogP contribution in [0, 0.1) is 6.92 Å². The van der Waals surface area contributed by atoms with Gasteiger partial charge in [0.05, 0.1) is 18.9 Å². The standard InChI is InChI=1S/C15H12BrClN2OS2/c1-3-19-13-8(2)6-9(17)7-11(13)22-15(19)18-14(20)10-4-5-12(16)21-10/h4-7H,3H2,1-2H3. The van der Waals surface area contributed by atoms with Gasteiger partial charge in [-0.05, 0) is 59.6 Å². The Kier molecular flexibility index (Phi) is 4.54. The quantitative estimate of drug-likeness (QED) is 0.563. The average Bonchev–Trinajstić information content (AvgIpc) is 3.02. The number of carbonyl (C=O) groups excluding carboxylic acids is 1. The number of amides is 1. The number of thiazole rings is 1. The topological polar surface area (TPSA) is 34.4 Å². The van der Waals surface area contributed by atoms with Crippen LogP contribution in [0.1, 0.15) is 22.2 Å². The largest absolute Gasteiger partial charge is 0.316 e. The first kappa shape index (κ1) is 15.9. The summed E-state index contributed by atoms with van der Waals surface area (Å²) in [7, 11) is 0. The Morgan fingerprint density at radius 2 is 2.14 bits per heavy atom. The summed E-state index contributed by atoms with van der Waals surface area (Å²) in [5.41, 5.74) is 2.18. The van der Waals surface area contributed by atoms with E-state index in [4.69, 9.17) is 11.6 Å². The molecule has 3 rings (SSSR count). The van der Waals surface area contributed by atoms with Crippen LogP contribution in [0.3, 0.4) is 0 Å². The van der Waals surface area contributed by atoms with Gasteiger partial charge in [0.1, 0.15) is 0 Å². The molecule has 0 atom stereocenters. The van der Waals surface area contributed by atoms with Crippen molar-refractivity contribution in [2.24, 2.45) is 4.99 Å². The van der Waals surface area contributed by atoms with Gasteiger partial charge in [0.2, 0.25) is 0 Å². The number of thiophene rings is 1. The lowest BCUT2D eigenvalue weighted by molar-refractivity contribution is 0.100. The maximum absolute atomic E-state index is 12.3. The predicted octanol–water partition coefficient (Wildman–Crippen LogP) is 5.25. The Morgan fingerprint density at radius 3 is 2.77 bits per heavy atom. The van der Waals surface area contributed by atoms with Crippen LogP contribution in [0.15, 0.2) is 33.0 Å². The molecule has 0 bridgehead atoms. The molecule has 0 saturated carbocycles. The highest BCUT2D eigenvalue weighted by molar-refractivity contribution is 9.11. The number of aromatic nitrogens is 1. The lowest BCUT2D eigenvalue weighted by Gasteiger charge is -2.03. The Balaban J connectivity index is 2.20. The van der Waals surface area contributed by atoms with Crippen molar-refractivity contribution in [1.82, 2.24) is 4.57 Å². The maximum atomic E-state index is 12.3. The van der Waals surface area contributed by atoms with Crippen LogP contribution in [0.5, 0.6) is 0 Å². The van der Waals surface area contributed by atoms with Crippen LogP contribution in [0.25, 0.3) is 10.2 Å². The molecule has 1 amide bonds. The second kappa shape index (κ2) is 6.28. The van der Waals surface area contributed by atoms with E-state index in [0.29, 0.717) is 14.7 Å². The van der Waals surface area contributed by atoms with Crippen LogP contribution in [-0.4, -0.2) is 10.5 Å². The fraction of sp³-hybridized carbons (Fsp3) is 0.200. The van der Waals surface area contributed by atoms with Crippen LogP contribution >= 0.6 is 50.2 Å². The smallest absolute Gasteiger partial charge is 0.289 e. The summed E-state index contributed by atoms with van der Waals surface area (Å²) in [5.74, 6) is -0.215. The van der Waals surface area contributed by atoms with Gasteiger partial charge in [-0.1, -0.05) is 22.9 Å². The summed E-state index contributed by atoms with van der Waals surface area (Å²) in [5, 5.41) is 0.703. The highest BCUT2D eigenvalue weighted by Crippen LogP contribution is 2.26. The van der Waals surface area contributed by atoms with Crippen molar-refractivity contribution >= 4 is 66.3 Å². The molecule has 7 heteroatoms. The van der Waals surface area contributed by atoms with Gasteiger partial charge >= 0.3 is 0 Å². The van der Waals surface area contributed by atoms with E-state index in [2.05, 4.69) is 25.5 Å². The zero-order valence-electron chi connectivity index (χ0n) is 11.9. The van der Waals surface area contributed by atoms with Crippen LogP contribution < -0.4 is 4.80 Å². The number of rotatable bonds is 2. The first-order chi connectivity index (χ1) is 10.5. The van der Waals surface area contributed by atoms with Crippen LogP contribution in [-0.2, 0) is 6.54 Å². The van der Waals surface area contributed by atoms with Crippen molar-refractivity contribution in [3.8, 4) is 0 Å². The van der Waals surface area contributed by atoms with E-state index in [1.807, 2.05) is 32.0 Å². The Labute approximate surface area is 149 Å². The molecule has 0 radical (unpaired) electrons. The van der Waals surface area contributed by atoms with Crippen molar-refractivity contribution in [3.05, 3.63) is 48.3 Å². The highest BCUT2D eigenvalue weighted by Gasteiger charge is 2.12. The van der Waals surface area contributed by atoms with E-state index >= 15 is 0 Å². The van der Waals surface area contributed by atoms with Gasteiger partial charge in [0.15, 0.2) is 4.80 Å². The summed E-state index contributed by atoms with van der Waals surface area (Å²) in [4.78, 5) is 18.0. The van der Waals surface area contributed by atoms with Gasteiger partial charge in [0.25, 0.3) is 5.91 Å². The molecule has 0 aliphatic rings. The first-order valence-corrected chi connectivity index (χ1v) is 9.44. The van der Waals surface area contributed by atoms with Gasteiger partial charge in [-0.25, -0.2) is 0 Å². The molecule has 3 aromatic rings. The third-order valence-corrected chi connectivity index (χ3v) is 6.08. The number of fused-ring (bicyclic) bond motifs is 1. The second-order valence-electron chi connectivity index (χ2n) is 4.72. The number of halogens is 2. The summed E-state index contributed by atoms with van der Waals surface area (Å²) < 4.78 is 4.03. The van der Waals surface area contributed by atoms with Crippen molar-refractivity contribution in [2.75, 3.05) is 0 Å². The fourth-order valence-electron chi connectivity index (χ4n) is 2.33. The van der Waals surface area contributed by atoms with Gasteiger partial charge in [0, 0.05) is 11.6 Å². The summed E-state index contributed by atoms with van der Waals surface area (Å²) in [6.45, 7) is 4.82. The molecule has 0 aliphatic carbocycles. The van der Waals surface area contributed by atoms with Crippen molar-refractivity contribution in [3.63, 3.8) is 0 Å². The minimum Gasteiger partial charge on any atom is -0.316 e. The number of nitrogens with zero attached hydrogens (tertiary/aromatic N) is 2. The number of carbonyl (C=O) groups is 1. The molecule has 0 fully saturated rings. The molecule has 0 aliphatic heterocycles. The van der Waals surface area contributed by atoms with Gasteiger partial charge < -0.3 is 4.57 Å². The lowest BCUT2D eigenvalue weighted by Crippen LogP contribution is -2.16. The van der Waals surface area contributed by atoms with E-state index in [1.165, 1.54) is 22.7 Å². The maximum Gasteiger partial charge on any atom is 0.289 e. The number of aryl methyl sites for hydroxylation is 2. The summed E-state index contributed by atoms with van der Waals surface area (Å²) >= 11 is 12.4. The molecule has 0 unspecified atom stereocenters. The zero-order valence-corrected chi connectivity index (χ0v) is 15.9. The molecule has 0 spiro atoms. The molecule has 2 heterocycles. The Bertz CT molecular complexity index is 939. The molecule has 2 aromatic heterocycles. The van der Waals surface area contributed by atoms with E-state index in [0.717, 1.165) is 26.1 Å². The highest BCUT2D eigenvalue weighted by atomic mass is 79.9. The molecule has 114 valence electrons. The Morgan fingerprint density at radius 1 is 1.36 bits per heavy atom. The third-order valence-electron chi connectivity index (χ3n) is 3.23. The van der Waals surface area contributed by atoms with Crippen molar-refractivity contribution in [2.45, 2.75) is 20.4 Å². The van der Waals surface area contributed by atoms with E-state index in [-0.39, 0.29) is 5.91 Å². The van der Waals surface area contributed by atoms with E-state index in [9.17, 15) is 4.79 Å². The molecule has 3 nitrogen and oxygen atoms in total. The minimum absolute atomic E-state index is 0.215. The molecular formula is C15H12BrClN2OS2. The summed E-state index contributed by atoms with van der Waals surface area (Å²) in [6.07, 6.45) is 0. The van der Waals surface area contributed by atoms with Crippen LogP contribution in [0.4, 0.5) is 0 Å². The SMILES string of the molecule is CCn1c(=NC(=O)c2ccc(Br)s2)sc2cc(Cl)cc(C)c21. The van der Waals surface area contributed by atoms with Gasteiger partial charge in [-0.3, -0.25) is 4.79 Å². The number of hydrogen-bond donors (Lipinski definition) is 0. The average molecular weight is 416 g/mol. The van der Waals surface area contributed by atoms with E-state index < -0.39 is 0 Å². The number of hydrogen-bond acceptors (Lipinski definition) is 3. The summed E-state index contributed by atoms with van der Waals surface area (Å²) in [6, 6.07) is 7.50. The minimum atomic E-state index is -0.215. The Hall–Kier alpha value is -0.950. The zero-order chi connectivity index (χ0) is 15.9. The van der Waals surface area contributed by atoms with Gasteiger partial charge in [-0.15, -0.1) is 11.3 Å². The number of benzene rings is 1. The van der Waals surface area contributed by atoms with Gasteiger partial charge in [-0.2, -0.15) is 4.99 Å². The fourth-order valence-corrected chi connectivity index (χ4v) is 5.14. The van der Waals surface area contributed by atoms with Crippen LogP contribution in [0.2, 0.25) is 5.02 Å². The molecule has 1 aromatic carbocycles. The molecule has 0 saturated heterocycles. The second-order valence-corrected chi connectivity index (χ2v) is 8.63. The van der Waals surface area contributed by atoms with Crippen molar-refractivity contribution < 1.29 is 4.79 Å². The monoisotopic (exact) mass is 414 g/mol. The normalized spacial score (nSPS) is 12.3. The van der Waals surface area contributed by atoms with E-state index in [1.54, 1.807) is 6.07 Å². The third kappa shape index (κ3) is 2.93. The predicted molar refractivity (Wildman–Crippen MR) is 97.1 cm³/mol. The van der Waals surface area contributed by atoms with Crippen molar-refractivity contribution in [1.29, 1.82) is 0 Å². The molecule has 0 N–H and O–H groups in total. The molecular weight excluding hydrogens is 404 g/mol. The molecule has 22 heavy (non-hydrogen) atoms.